The smallest absolute Gasteiger partial charge is 0.255 e. The molecule has 114 valence electrons. The molecule has 23 heavy (non-hydrogen) atoms. The Balaban J connectivity index is 1.73. The second kappa shape index (κ2) is 6.88. The number of amides is 1. The summed E-state index contributed by atoms with van der Waals surface area (Å²) in [6.07, 6.45) is 2.40. The van der Waals surface area contributed by atoms with Gasteiger partial charge >= 0.3 is 0 Å². The molecule has 0 atom stereocenters. The number of carbonyl (C=O) groups is 1. The van der Waals surface area contributed by atoms with E-state index in [0.717, 1.165) is 16.9 Å². The number of anilines is 1. The van der Waals surface area contributed by atoms with Crippen molar-refractivity contribution >= 4 is 11.6 Å². The number of nitrogens with zero attached hydrogens (tertiary/aromatic N) is 1. The Hall–Kier alpha value is -2.94. The first kappa shape index (κ1) is 15.0. The monoisotopic (exact) mass is 302 g/mol. The zero-order valence-corrected chi connectivity index (χ0v) is 13.0. The van der Waals surface area contributed by atoms with Crippen molar-refractivity contribution in [2.45, 2.75) is 13.3 Å². The third-order valence-corrected chi connectivity index (χ3v) is 3.62. The van der Waals surface area contributed by atoms with Gasteiger partial charge in [-0.05, 0) is 36.8 Å². The SMILES string of the molecule is Cc1ccc(NC(=O)c2ccnc(Cc3ccccc3)c2)cc1. The Labute approximate surface area is 136 Å². The van der Waals surface area contributed by atoms with Crippen molar-refractivity contribution in [1.82, 2.24) is 4.98 Å². The summed E-state index contributed by atoms with van der Waals surface area (Å²) in [5.74, 6) is -0.120. The summed E-state index contributed by atoms with van der Waals surface area (Å²) in [5.41, 5.74) is 4.63. The number of benzene rings is 2. The second-order valence-electron chi connectivity index (χ2n) is 5.52. The molecule has 0 radical (unpaired) electrons. The lowest BCUT2D eigenvalue weighted by atomic mass is 10.1. The third kappa shape index (κ3) is 4.04. The molecule has 0 saturated heterocycles. The van der Waals surface area contributed by atoms with Gasteiger partial charge in [0.2, 0.25) is 0 Å². The van der Waals surface area contributed by atoms with Gasteiger partial charge in [0.05, 0.1) is 0 Å². The molecule has 3 heteroatoms. The minimum absolute atomic E-state index is 0.120. The van der Waals surface area contributed by atoms with Crippen LogP contribution in [0.4, 0.5) is 5.69 Å². The van der Waals surface area contributed by atoms with Gasteiger partial charge in [0.15, 0.2) is 0 Å². The maximum Gasteiger partial charge on any atom is 0.255 e. The Kier molecular flexibility index (Phi) is 4.48. The first-order valence-electron chi connectivity index (χ1n) is 7.57. The van der Waals surface area contributed by atoms with Crippen molar-refractivity contribution in [2.24, 2.45) is 0 Å². The Bertz CT molecular complexity index is 795. The summed E-state index contributed by atoms with van der Waals surface area (Å²) in [5, 5.41) is 2.91. The van der Waals surface area contributed by atoms with Crippen LogP contribution >= 0.6 is 0 Å². The minimum atomic E-state index is -0.120. The van der Waals surface area contributed by atoms with E-state index in [1.165, 1.54) is 5.56 Å². The van der Waals surface area contributed by atoms with E-state index in [4.69, 9.17) is 0 Å². The molecule has 1 heterocycles. The summed E-state index contributed by atoms with van der Waals surface area (Å²) < 4.78 is 0. The van der Waals surface area contributed by atoms with Crippen LogP contribution in [0.1, 0.15) is 27.2 Å². The average molecular weight is 302 g/mol. The standard InChI is InChI=1S/C20H18N2O/c1-15-7-9-18(10-8-15)22-20(23)17-11-12-21-19(14-17)13-16-5-3-2-4-6-16/h2-12,14H,13H2,1H3,(H,22,23). The predicted molar refractivity (Wildman–Crippen MR) is 92.6 cm³/mol. The summed E-state index contributed by atoms with van der Waals surface area (Å²) in [6.45, 7) is 2.02. The summed E-state index contributed by atoms with van der Waals surface area (Å²) in [4.78, 5) is 16.7. The lowest BCUT2D eigenvalue weighted by molar-refractivity contribution is 0.102. The molecular weight excluding hydrogens is 284 g/mol. The van der Waals surface area contributed by atoms with E-state index >= 15 is 0 Å². The third-order valence-electron chi connectivity index (χ3n) is 3.62. The van der Waals surface area contributed by atoms with Gasteiger partial charge in [-0.2, -0.15) is 0 Å². The molecule has 0 aliphatic carbocycles. The fraction of sp³-hybridized carbons (Fsp3) is 0.100. The number of pyridine rings is 1. The van der Waals surface area contributed by atoms with Gasteiger partial charge < -0.3 is 5.32 Å². The predicted octanol–water partition coefficient (Wildman–Crippen LogP) is 4.23. The highest BCUT2D eigenvalue weighted by Crippen LogP contribution is 2.13. The van der Waals surface area contributed by atoms with E-state index in [2.05, 4.69) is 22.4 Å². The molecule has 0 spiro atoms. The molecule has 1 N–H and O–H groups in total. The molecule has 1 amide bonds. The van der Waals surface area contributed by atoms with Crippen LogP contribution in [0, 0.1) is 6.92 Å². The maximum absolute atomic E-state index is 12.4. The van der Waals surface area contributed by atoms with Gasteiger partial charge in [-0.3, -0.25) is 9.78 Å². The number of rotatable bonds is 4. The topological polar surface area (TPSA) is 42.0 Å². The number of nitrogens with one attached hydrogen (secondary N) is 1. The van der Waals surface area contributed by atoms with Gasteiger partial charge in [0.25, 0.3) is 5.91 Å². The number of hydrogen-bond donors (Lipinski definition) is 1. The van der Waals surface area contributed by atoms with E-state index in [1.807, 2.05) is 55.5 Å². The van der Waals surface area contributed by atoms with Gasteiger partial charge in [-0.25, -0.2) is 0 Å². The molecule has 0 saturated carbocycles. The number of aryl methyl sites for hydroxylation is 1. The van der Waals surface area contributed by atoms with Crippen LogP contribution < -0.4 is 5.32 Å². The summed E-state index contributed by atoms with van der Waals surface area (Å²) >= 11 is 0. The second-order valence-corrected chi connectivity index (χ2v) is 5.52. The van der Waals surface area contributed by atoms with Crippen LogP contribution in [-0.4, -0.2) is 10.9 Å². The largest absolute Gasteiger partial charge is 0.322 e. The lowest BCUT2D eigenvalue weighted by Crippen LogP contribution is -2.12. The van der Waals surface area contributed by atoms with Crippen molar-refractivity contribution in [3.63, 3.8) is 0 Å². The molecule has 3 rings (SSSR count). The van der Waals surface area contributed by atoms with Crippen molar-refractivity contribution in [2.75, 3.05) is 5.32 Å². The highest BCUT2D eigenvalue weighted by Gasteiger charge is 2.08. The molecule has 0 fully saturated rings. The lowest BCUT2D eigenvalue weighted by Gasteiger charge is -2.07. The average Bonchev–Trinajstić information content (AvgIpc) is 2.58. The molecule has 3 nitrogen and oxygen atoms in total. The fourth-order valence-electron chi connectivity index (χ4n) is 2.36. The zero-order valence-electron chi connectivity index (χ0n) is 13.0. The summed E-state index contributed by atoms with van der Waals surface area (Å²) in [6, 6.07) is 21.4. The van der Waals surface area contributed by atoms with Gasteiger partial charge in [0, 0.05) is 29.6 Å². The first-order chi connectivity index (χ1) is 11.2. The zero-order chi connectivity index (χ0) is 16.1. The van der Waals surface area contributed by atoms with Crippen molar-refractivity contribution in [1.29, 1.82) is 0 Å². The normalized spacial score (nSPS) is 10.3. The van der Waals surface area contributed by atoms with Crippen LogP contribution in [0.2, 0.25) is 0 Å². The maximum atomic E-state index is 12.4. The van der Waals surface area contributed by atoms with Gasteiger partial charge in [-0.1, -0.05) is 48.0 Å². The van der Waals surface area contributed by atoms with Crippen molar-refractivity contribution in [3.05, 3.63) is 95.3 Å². The molecular formula is C20H18N2O. The minimum Gasteiger partial charge on any atom is -0.322 e. The van der Waals surface area contributed by atoms with Crippen LogP contribution in [0.15, 0.2) is 72.9 Å². The molecule has 0 aliphatic rings. The highest BCUT2D eigenvalue weighted by molar-refractivity contribution is 6.04. The van der Waals surface area contributed by atoms with E-state index in [1.54, 1.807) is 12.3 Å². The Morgan fingerprint density at radius 1 is 1.00 bits per heavy atom. The van der Waals surface area contributed by atoms with Crippen LogP contribution in [0.25, 0.3) is 0 Å². The summed E-state index contributed by atoms with van der Waals surface area (Å²) in [7, 11) is 0. The van der Waals surface area contributed by atoms with E-state index in [9.17, 15) is 4.79 Å². The van der Waals surface area contributed by atoms with Crippen molar-refractivity contribution in [3.8, 4) is 0 Å². The molecule has 1 aromatic heterocycles. The number of carbonyl (C=O) groups excluding carboxylic acids is 1. The highest BCUT2D eigenvalue weighted by atomic mass is 16.1. The van der Waals surface area contributed by atoms with Crippen molar-refractivity contribution < 1.29 is 4.79 Å². The Morgan fingerprint density at radius 2 is 1.74 bits per heavy atom. The van der Waals surface area contributed by atoms with Gasteiger partial charge in [0.1, 0.15) is 0 Å². The first-order valence-corrected chi connectivity index (χ1v) is 7.57. The van der Waals surface area contributed by atoms with Crippen LogP contribution in [0.5, 0.6) is 0 Å². The number of aromatic nitrogens is 1. The van der Waals surface area contributed by atoms with Gasteiger partial charge in [-0.15, -0.1) is 0 Å². The van der Waals surface area contributed by atoms with E-state index in [0.29, 0.717) is 12.0 Å². The molecule has 2 aromatic carbocycles. The van der Waals surface area contributed by atoms with Crippen LogP contribution in [0.3, 0.4) is 0 Å². The quantitative estimate of drug-likeness (QED) is 0.783. The molecule has 0 bridgehead atoms. The van der Waals surface area contributed by atoms with E-state index in [-0.39, 0.29) is 5.91 Å². The molecule has 0 aliphatic heterocycles. The molecule has 3 aromatic rings. The Morgan fingerprint density at radius 3 is 2.48 bits per heavy atom. The molecule has 0 unspecified atom stereocenters. The van der Waals surface area contributed by atoms with Crippen LogP contribution in [-0.2, 0) is 6.42 Å². The number of hydrogen-bond acceptors (Lipinski definition) is 2. The fourth-order valence-corrected chi connectivity index (χ4v) is 2.36. The van der Waals surface area contributed by atoms with E-state index < -0.39 is 0 Å².